The largest absolute Gasteiger partial charge is 0.479 e. The van der Waals surface area contributed by atoms with E-state index in [2.05, 4.69) is 11.9 Å². The summed E-state index contributed by atoms with van der Waals surface area (Å²) in [6.45, 7) is 5.48. The smallest absolute Gasteiger partial charge is 0.333 e. The second kappa shape index (κ2) is 7.22. The monoisotopic (exact) mass is 303 g/mol. The normalized spacial score (nSPS) is 24.0. The molecule has 0 radical (unpaired) electrons. The Bertz CT molecular complexity index is 570. The second-order valence-corrected chi connectivity index (χ2v) is 5.57. The van der Waals surface area contributed by atoms with Gasteiger partial charge in [-0.05, 0) is 36.8 Å². The number of carbonyl (C=O) groups excluding carboxylic acids is 1. The van der Waals surface area contributed by atoms with E-state index in [0.29, 0.717) is 6.42 Å². The summed E-state index contributed by atoms with van der Waals surface area (Å²) in [5, 5.41) is 11.9. The SMILES string of the molecule is C=CCCc1ccccc1NC(=O)[C@H]1C[C@@H](C)[C@H](C(=O)O)O1. The van der Waals surface area contributed by atoms with Gasteiger partial charge in [-0.15, -0.1) is 6.58 Å². The number of anilines is 1. The van der Waals surface area contributed by atoms with E-state index in [0.717, 1.165) is 24.1 Å². The van der Waals surface area contributed by atoms with Crippen LogP contribution in [0, 0.1) is 5.92 Å². The molecule has 1 aliphatic rings. The molecule has 1 aliphatic heterocycles. The minimum Gasteiger partial charge on any atom is -0.479 e. The molecule has 1 aromatic rings. The zero-order valence-electron chi connectivity index (χ0n) is 12.6. The Morgan fingerprint density at radius 2 is 2.18 bits per heavy atom. The van der Waals surface area contributed by atoms with Gasteiger partial charge in [0.2, 0.25) is 0 Å². The van der Waals surface area contributed by atoms with E-state index in [1.165, 1.54) is 0 Å². The van der Waals surface area contributed by atoms with Gasteiger partial charge in [0.05, 0.1) is 0 Å². The zero-order valence-corrected chi connectivity index (χ0v) is 12.6. The topological polar surface area (TPSA) is 75.6 Å². The van der Waals surface area contributed by atoms with Crippen LogP contribution in [0.2, 0.25) is 0 Å². The predicted molar refractivity (Wildman–Crippen MR) is 83.7 cm³/mol. The number of aliphatic carboxylic acids is 1. The Hall–Kier alpha value is -2.14. The third-order valence-electron chi connectivity index (χ3n) is 3.84. The van der Waals surface area contributed by atoms with Crippen LogP contribution in [0.4, 0.5) is 5.69 Å². The second-order valence-electron chi connectivity index (χ2n) is 5.57. The molecule has 1 saturated heterocycles. The number of carboxylic acids is 1. The van der Waals surface area contributed by atoms with Gasteiger partial charge in [-0.25, -0.2) is 4.79 Å². The third kappa shape index (κ3) is 3.74. The lowest BCUT2D eigenvalue weighted by atomic mass is 10.0. The number of carboxylic acid groups (broad SMARTS) is 1. The molecule has 1 fully saturated rings. The number of benzene rings is 1. The van der Waals surface area contributed by atoms with Gasteiger partial charge in [0.15, 0.2) is 6.10 Å². The third-order valence-corrected chi connectivity index (χ3v) is 3.84. The molecule has 0 saturated carbocycles. The van der Waals surface area contributed by atoms with Crippen LogP contribution in [-0.4, -0.2) is 29.2 Å². The Labute approximate surface area is 130 Å². The van der Waals surface area contributed by atoms with Gasteiger partial charge < -0.3 is 15.2 Å². The first-order valence-corrected chi connectivity index (χ1v) is 7.41. The molecule has 0 aliphatic carbocycles. The maximum Gasteiger partial charge on any atom is 0.333 e. The van der Waals surface area contributed by atoms with Gasteiger partial charge in [-0.1, -0.05) is 31.2 Å². The van der Waals surface area contributed by atoms with Crippen LogP contribution in [0.15, 0.2) is 36.9 Å². The molecule has 2 N–H and O–H groups in total. The molecule has 0 unspecified atom stereocenters. The van der Waals surface area contributed by atoms with Gasteiger partial charge in [0.25, 0.3) is 5.91 Å². The molecule has 0 bridgehead atoms. The fraction of sp³-hybridized carbons (Fsp3) is 0.412. The van der Waals surface area contributed by atoms with Crippen LogP contribution in [0.1, 0.15) is 25.3 Å². The van der Waals surface area contributed by atoms with Crippen molar-refractivity contribution in [1.29, 1.82) is 0 Å². The number of ether oxygens (including phenoxy) is 1. The maximum atomic E-state index is 12.3. The van der Waals surface area contributed by atoms with Crippen LogP contribution in [0.3, 0.4) is 0 Å². The number of nitrogens with one attached hydrogen (secondary N) is 1. The number of hydrogen-bond donors (Lipinski definition) is 2. The van der Waals surface area contributed by atoms with E-state index in [1.54, 1.807) is 6.92 Å². The summed E-state index contributed by atoms with van der Waals surface area (Å²) in [4.78, 5) is 23.3. The summed E-state index contributed by atoms with van der Waals surface area (Å²) in [6, 6.07) is 7.56. The van der Waals surface area contributed by atoms with Crippen LogP contribution < -0.4 is 5.32 Å². The molecular formula is C17H21NO4. The van der Waals surface area contributed by atoms with E-state index in [4.69, 9.17) is 9.84 Å². The first-order valence-electron chi connectivity index (χ1n) is 7.41. The van der Waals surface area contributed by atoms with E-state index in [9.17, 15) is 9.59 Å². The molecule has 1 amide bonds. The number of allylic oxidation sites excluding steroid dienone is 1. The molecule has 3 atom stereocenters. The zero-order chi connectivity index (χ0) is 16.1. The first-order chi connectivity index (χ1) is 10.5. The van der Waals surface area contributed by atoms with Gasteiger partial charge in [0.1, 0.15) is 6.10 Å². The standard InChI is InChI=1S/C17H21NO4/c1-3-4-7-12-8-5-6-9-13(12)18-16(19)14-10-11(2)15(22-14)17(20)21/h3,5-6,8-9,11,14-15H,1,4,7,10H2,2H3,(H,18,19)(H,20,21)/t11-,14-,15-/m1/s1. The highest BCUT2D eigenvalue weighted by molar-refractivity contribution is 5.95. The highest BCUT2D eigenvalue weighted by atomic mass is 16.5. The van der Waals surface area contributed by atoms with Gasteiger partial charge in [-0.3, -0.25) is 4.79 Å². The quantitative estimate of drug-likeness (QED) is 0.792. The van der Waals surface area contributed by atoms with Crippen LogP contribution in [-0.2, 0) is 20.7 Å². The van der Waals surface area contributed by atoms with Crippen molar-refractivity contribution in [3.63, 3.8) is 0 Å². The Kier molecular flexibility index (Phi) is 5.33. The molecule has 22 heavy (non-hydrogen) atoms. The fourth-order valence-electron chi connectivity index (χ4n) is 2.63. The highest BCUT2D eigenvalue weighted by Gasteiger charge is 2.40. The average Bonchev–Trinajstić information content (AvgIpc) is 2.88. The van der Waals surface area contributed by atoms with Crippen molar-refractivity contribution in [3.05, 3.63) is 42.5 Å². The molecule has 0 aromatic heterocycles. The molecular weight excluding hydrogens is 282 g/mol. The van der Waals surface area contributed by atoms with Crippen molar-refractivity contribution in [2.24, 2.45) is 5.92 Å². The number of hydrogen-bond acceptors (Lipinski definition) is 3. The van der Waals surface area contributed by atoms with Crippen molar-refractivity contribution in [2.75, 3.05) is 5.32 Å². The van der Waals surface area contributed by atoms with Crippen LogP contribution >= 0.6 is 0 Å². The molecule has 2 rings (SSSR count). The minimum absolute atomic E-state index is 0.177. The highest BCUT2D eigenvalue weighted by Crippen LogP contribution is 2.27. The Morgan fingerprint density at radius 1 is 1.45 bits per heavy atom. The first kappa shape index (κ1) is 16.2. The summed E-state index contributed by atoms with van der Waals surface area (Å²) in [5.74, 6) is -1.49. The summed E-state index contributed by atoms with van der Waals surface area (Å²) in [6.07, 6.45) is 2.23. The molecule has 118 valence electrons. The lowest BCUT2D eigenvalue weighted by molar-refractivity contribution is -0.152. The van der Waals surface area contributed by atoms with Gasteiger partial charge >= 0.3 is 5.97 Å². The van der Waals surface area contributed by atoms with E-state index in [1.807, 2.05) is 30.3 Å². The van der Waals surface area contributed by atoms with E-state index in [-0.39, 0.29) is 11.8 Å². The van der Waals surface area contributed by atoms with Crippen molar-refractivity contribution in [2.45, 2.75) is 38.4 Å². The summed E-state index contributed by atoms with van der Waals surface area (Å²) in [5.41, 5.74) is 1.76. The summed E-state index contributed by atoms with van der Waals surface area (Å²) >= 11 is 0. The predicted octanol–water partition coefficient (Wildman–Crippen LogP) is 2.62. The number of amides is 1. The number of carbonyl (C=O) groups is 2. The minimum atomic E-state index is -1.02. The molecule has 1 heterocycles. The maximum absolute atomic E-state index is 12.3. The fourth-order valence-corrected chi connectivity index (χ4v) is 2.63. The van der Waals surface area contributed by atoms with E-state index >= 15 is 0 Å². The number of aryl methyl sites for hydroxylation is 1. The lowest BCUT2D eigenvalue weighted by Crippen LogP contribution is -2.30. The summed E-state index contributed by atoms with van der Waals surface area (Å²) < 4.78 is 5.36. The van der Waals surface area contributed by atoms with Crippen molar-refractivity contribution in [1.82, 2.24) is 0 Å². The van der Waals surface area contributed by atoms with Crippen molar-refractivity contribution in [3.8, 4) is 0 Å². The Balaban J connectivity index is 2.04. The van der Waals surface area contributed by atoms with Crippen molar-refractivity contribution < 1.29 is 19.4 Å². The molecule has 0 spiro atoms. The van der Waals surface area contributed by atoms with Gasteiger partial charge in [0, 0.05) is 5.69 Å². The van der Waals surface area contributed by atoms with Gasteiger partial charge in [-0.2, -0.15) is 0 Å². The molecule has 1 aromatic carbocycles. The number of para-hydroxylation sites is 1. The van der Waals surface area contributed by atoms with Crippen molar-refractivity contribution >= 4 is 17.6 Å². The average molecular weight is 303 g/mol. The van der Waals surface area contributed by atoms with Crippen LogP contribution in [0.5, 0.6) is 0 Å². The Morgan fingerprint density at radius 3 is 2.82 bits per heavy atom. The number of rotatable bonds is 6. The van der Waals surface area contributed by atoms with Crippen LogP contribution in [0.25, 0.3) is 0 Å². The lowest BCUT2D eigenvalue weighted by Gasteiger charge is -2.14. The summed E-state index contributed by atoms with van der Waals surface area (Å²) in [7, 11) is 0. The van der Waals surface area contributed by atoms with E-state index < -0.39 is 18.2 Å². The molecule has 5 nitrogen and oxygen atoms in total. The molecule has 5 heteroatoms.